The molecular formula is C17H24N8O2. The van der Waals surface area contributed by atoms with Gasteiger partial charge in [0, 0.05) is 63.2 Å². The summed E-state index contributed by atoms with van der Waals surface area (Å²) < 4.78 is 0. The number of carbonyl (C=O) groups excluding carboxylic acids is 2. The summed E-state index contributed by atoms with van der Waals surface area (Å²) in [6.45, 7) is 5.64. The Morgan fingerprint density at radius 3 is 2.63 bits per heavy atom. The van der Waals surface area contributed by atoms with Crippen LogP contribution in [0.25, 0.3) is 0 Å². The first-order valence-electron chi connectivity index (χ1n) is 8.81. The number of aryl methyl sites for hydroxylation is 1. The molecule has 3 rings (SSSR count). The van der Waals surface area contributed by atoms with Crippen LogP contribution in [0.3, 0.4) is 0 Å². The molecule has 27 heavy (non-hydrogen) atoms. The molecule has 0 bridgehead atoms. The van der Waals surface area contributed by atoms with Crippen molar-refractivity contribution in [3.63, 3.8) is 0 Å². The van der Waals surface area contributed by atoms with E-state index in [1.54, 1.807) is 17.4 Å². The number of hydrogen-bond acceptors (Lipinski definition) is 7. The molecule has 1 aliphatic heterocycles. The summed E-state index contributed by atoms with van der Waals surface area (Å²) >= 11 is 0. The second-order valence-corrected chi connectivity index (χ2v) is 6.57. The highest BCUT2D eigenvalue weighted by molar-refractivity contribution is 5.87. The summed E-state index contributed by atoms with van der Waals surface area (Å²) in [5.74, 6) is 0.674. The minimum absolute atomic E-state index is 0.0992. The highest BCUT2D eigenvalue weighted by Gasteiger charge is 2.29. The fourth-order valence-corrected chi connectivity index (χ4v) is 3.17. The van der Waals surface area contributed by atoms with Crippen LogP contribution in [0.4, 0.5) is 11.8 Å². The smallest absolute Gasteiger partial charge is 0.245 e. The van der Waals surface area contributed by atoms with Gasteiger partial charge in [0.25, 0.3) is 0 Å². The molecule has 2 aromatic heterocycles. The number of aromatic nitrogens is 4. The average Bonchev–Trinajstić information content (AvgIpc) is 3.12. The Kier molecular flexibility index (Phi) is 5.53. The molecule has 4 N–H and O–H groups in total. The zero-order valence-electron chi connectivity index (χ0n) is 15.5. The Balaban J connectivity index is 1.64. The maximum absolute atomic E-state index is 12.9. The van der Waals surface area contributed by atoms with E-state index in [0.717, 1.165) is 17.2 Å². The summed E-state index contributed by atoms with van der Waals surface area (Å²) in [5, 5.41) is 2.74. The van der Waals surface area contributed by atoms with E-state index in [0.29, 0.717) is 32.6 Å². The molecule has 0 spiro atoms. The number of anilines is 2. The number of carbonyl (C=O) groups is 2. The summed E-state index contributed by atoms with van der Waals surface area (Å²) in [7, 11) is 0. The quantitative estimate of drug-likeness (QED) is 0.643. The summed E-state index contributed by atoms with van der Waals surface area (Å²) in [4.78, 5) is 43.6. The average molecular weight is 372 g/mol. The standard InChI is InChI=1S/C17H24N8O2/c1-11-7-15(23-17(18)21-11)24-3-5-25(6-4-24)16(27)14(22-12(2)26)8-13-9-19-10-20-13/h7,9-10,14H,3-6,8H2,1-2H3,(H,19,20)(H,22,26)(H2,18,21,23)/t14-/m0/s1. The van der Waals surface area contributed by atoms with Crippen LogP contribution in [-0.4, -0.2) is 68.9 Å². The van der Waals surface area contributed by atoms with Crippen LogP contribution in [-0.2, 0) is 16.0 Å². The lowest BCUT2D eigenvalue weighted by molar-refractivity contribution is -0.136. The van der Waals surface area contributed by atoms with Crippen LogP contribution < -0.4 is 16.0 Å². The molecule has 3 heterocycles. The number of H-pyrrole nitrogens is 1. The maximum Gasteiger partial charge on any atom is 0.245 e. The number of imidazole rings is 1. The molecule has 0 aliphatic carbocycles. The molecule has 0 aromatic carbocycles. The number of rotatable bonds is 5. The minimum Gasteiger partial charge on any atom is -0.368 e. The maximum atomic E-state index is 12.9. The third-order valence-corrected chi connectivity index (χ3v) is 4.43. The summed E-state index contributed by atoms with van der Waals surface area (Å²) in [6.07, 6.45) is 3.58. The highest BCUT2D eigenvalue weighted by atomic mass is 16.2. The van der Waals surface area contributed by atoms with Crippen molar-refractivity contribution in [1.82, 2.24) is 30.2 Å². The lowest BCUT2D eigenvalue weighted by atomic mass is 10.1. The molecular weight excluding hydrogens is 348 g/mol. The van der Waals surface area contributed by atoms with Crippen molar-refractivity contribution in [2.24, 2.45) is 0 Å². The molecule has 1 saturated heterocycles. The van der Waals surface area contributed by atoms with Gasteiger partial charge in [0.2, 0.25) is 17.8 Å². The van der Waals surface area contributed by atoms with Crippen LogP contribution in [0.2, 0.25) is 0 Å². The van der Waals surface area contributed by atoms with Crippen molar-refractivity contribution in [3.8, 4) is 0 Å². The van der Waals surface area contributed by atoms with Crippen molar-refractivity contribution < 1.29 is 9.59 Å². The monoisotopic (exact) mass is 372 g/mol. The van der Waals surface area contributed by atoms with Gasteiger partial charge in [-0.05, 0) is 6.92 Å². The molecule has 10 heteroatoms. The summed E-state index contributed by atoms with van der Waals surface area (Å²) in [5.41, 5.74) is 7.34. The second kappa shape index (κ2) is 8.02. The Morgan fingerprint density at radius 2 is 2.04 bits per heavy atom. The van der Waals surface area contributed by atoms with Crippen LogP contribution in [0, 0.1) is 6.92 Å². The van der Waals surface area contributed by atoms with Gasteiger partial charge in [-0.2, -0.15) is 4.98 Å². The number of piperazine rings is 1. The third kappa shape index (κ3) is 4.72. The number of nitrogen functional groups attached to an aromatic ring is 1. The van der Waals surface area contributed by atoms with E-state index in [-0.39, 0.29) is 17.8 Å². The molecule has 1 fully saturated rings. The van der Waals surface area contributed by atoms with E-state index in [1.807, 2.05) is 13.0 Å². The van der Waals surface area contributed by atoms with Crippen LogP contribution >= 0.6 is 0 Å². The highest BCUT2D eigenvalue weighted by Crippen LogP contribution is 2.16. The van der Waals surface area contributed by atoms with E-state index < -0.39 is 6.04 Å². The van der Waals surface area contributed by atoms with E-state index in [9.17, 15) is 9.59 Å². The van der Waals surface area contributed by atoms with Gasteiger partial charge in [0.05, 0.1) is 6.33 Å². The fourth-order valence-electron chi connectivity index (χ4n) is 3.17. The van der Waals surface area contributed by atoms with Gasteiger partial charge >= 0.3 is 0 Å². The Labute approximate surface area is 157 Å². The number of aromatic amines is 1. The van der Waals surface area contributed by atoms with Gasteiger partial charge in [-0.15, -0.1) is 0 Å². The van der Waals surface area contributed by atoms with E-state index in [1.165, 1.54) is 6.92 Å². The lowest BCUT2D eigenvalue weighted by Crippen LogP contribution is -2.55. The van der Waals surface area contributed by atoms with Gasteiger partial charge < -0.3 is 25.8 Å². The van der Waals surface area contributed by atoms with E-state index in [2.05, 4.69) is 30.2 Å². The zero-order valence-corrected chi connectivity index (χ0v) is 15.5. The molecule has 0 unspecified atom stereocenters. The first kappa shape index (κ1) is 18.6. The van der Waals surface area contributed by atoms with Gasteiger partial charge in [-0.1, -0.05) is 0 Å². The number of nitrogens with one attached hydrogen (secondary N) is 2. The lowest BCUT2D eigenvalue weighted by Gasteiger charge is -2.37. The topological polar surface area (TPSA) is 133 Å². The molecule has 2 aromatic rings. The van der Waals surface area contributed by atoms with Gasteiger partial charge in [-0.3, -0.25) is 9.59 Å². The van der Waals surface area contributed by atoms with Gasteiger partial charge in [-0.25, -0.2) is 9.97 Å². The van der Waals surface area contributed by atoms with Crippen molar-refractivity contribution in [3.05, 3.63) is 30.0 Å². The third-order valence-electron chi connectivity index (χ3n) is 4.43. The van der Waals surface area contributed by atoms with Crippen molar-refractivity contribution >= 4 is 23.6 Å². The first-order chi connectivity index (χ1) is 12.9. The largest absolute Gasteiger partial charge is 0.368 e. The number of hydrogen-bond donors (Lipinski definition) is 3. The molecule has 144 valence electrons. The molecule has 1 aliphatic rings. The molecule has 10 nitrogen and oxygen atoms in total. The van der Waals surface area contributed by atoms with Crippen molar-refractivity contribution in [2.45, 2.75) is 26.3 Å². The van der Waals surface area contributed by atoms with Crippen LogP contribution in [0.1, 0.15) is 18.3 Å². The van der Waals surface area contributed by atoms with E-state index in [4.69, 9.17) is 5.73 Å². The molecule has 0 radical (unpaired) electrons. The Hall–Kier alpha value is -3.17. The summed E-state index contributed by atoms with van der Waals surface area (Å²) in [6, 6.07) is 1.26. The predicted octanol–water partition coefficient (Wildman–Crippen LogP) is -0.514. The van der Waals surface area contributed by atoms with Crippen molar-refractivity contribution in [1.29, 1.82) is 0 Å². The molecule has 2 amide bonds. The Bertz CT molecular complexity index is 779. The minimum atomic E-state index is -0.619. The first-order valence-corrected chi connectivity index (χ1v) is 8.81. The SMILES string of the molecule is CC(=O)N[C@@H](Cc1cnc[nH]1)C(=O)N1CCN(c2cc(C)nc(N)n2)CC1. The number of nitrogens with zero attached hydrogens (tertiary/aromatic N) is 5. The van der Waals surface area contributed by atoms with Gasteiger partial charge in [0.15, 0.2) is 0 Å². The molecule has 1 atom stereocenters. The number of nitrogens with two attached hydrogens (primary N) is 1. The normalized spacial score (nSPS) is 15.5. The number of amides is 2. The van der Waals surface area contributed by atoms with Crippen LogP contribution in [0.15, 0.2) is 18.6 Å². The second-order valence-electron chi connectivity index (χ2n) is 6.57. The van der Waals surface area contributed by atoms with Crippen molar-refractivity contribution in [2.75, 3.05) is 36.8 Å². The van der Waals surface area contributed by atoms with Crippen LogP contribution in [0.5, 0.6) is 0 Å². The predicted molar refractivity (Wildman–Crippen MR) is 99.9 cm³/mol. The fraction of sp³-hybridized carbons (Fsp3) is 0.471. The van der Waals surface area contributed by atoms with E-state index >= 15 is 0 Å². The van der Waals surface area contributed by atoms with Gasteiger partial charge in [0.1, 0.15) is 11.9 Å². The zero-order chi connectivity index (χ0) is 19.4. The molecule has 0 saturated carbocycles. The Morgan fingerprint density at radius 1 is 1.30 bits per heavy atom.